The number of aliphatic hydroxyl groups excluding tert-OH is 1. The van der Waals surface area contributed by atoms with Crippen molar-refractivity contribution in [3.8, 4) is 0 Å². The Labute approximate surface area is 141 Å². The molecule has 1 aromatic rings. The molecule has 2 aliphatic rings. The average molecular weight is 345 g/mol. The fourth-order valence-electron chi connectivity index (χ4n) is 3.09. The molecule has 0 radical (unpaired) electrons. The minimum atomic E-state index is -4.36. The van der Waals surface area contributed by atoms with Gasteiger partial charge in [-0.3, -0.25) is 0 Å². The van der Waals surface area contributed by atoms with Gasteiger partial charge in [-0.25, -0.2) is 4.98 Å². The van der Waals surface area contributed by atoms with Crippen LogP contribution in [0.25, 0.3) is 0 Å². The maximum absolute atomic E-state index is 12.6. The zero-order valence-corrected chi connectivity index (χ0v) is 14.3. The highest BCUT2D eigenvalue weighted by atomic mass is 19.4. The molecule has 4 nitrogen and oxygen atoms in total. The van der Waals surface area contributed by atoms with Crippen LogP contribution in [-0.4, -0.2) is 53.8 Å². The minimum absolute atomic E-state index is 0.0452. The Kier molecular flexibility index (Phi) is 6.46. The highest BCUT2D eigenvalue weighted by Gasteiger charge is 2.36. The van der Waals surface area contributed by atoms with Crippen LogP contribution in [0.1, 0.15) is 38.3 Å². The number of rotatable bonds is 1. The number of nitrogens with zero attached hydrogens (tertiary/aromatic N) is 3. The number of aliphatic hydroxyl groups is 1. The lowest BCUT2D eigenvalue weighted by molar-refractivity contribution is -0.140. The smallest absolute Gasteiger partial charge is 0.393 e. The van der Waals surface area contributed by atoms with Crippen LogP contribution in [0.5, 0.6) is 0 Å². The molecule has 2 saturated heterocycles. The third kappa shape index (κ3) is 5.08. The van der Waals surface area contributed by atoms with Gasteiger partial charge in [-0.15, -0.1) is 0 Å². The van der Waals surface area contributed by atoms with Crippen molar-refractivity contribution >= 4 is 5.69 Å². The zero-order valence-electron chi connectivity index (χ0n) is 14.3. The molecule has 24 heavy (non-hydrogen) atoms. The van der Waals surface area contributed by atoms with Gasteiger partial charge in [-0.05, 0) is 51.8 Å². The van der Waals surface area contributed by atoms with Crippen LogP contribution in [0.4, 0.5) is 18.9 Å². The first-order valence-electron chi connectivity index (χ1n) is 8.44. The minimum Gasteiger partial charge on any atom is -0.393 e. The number of anilines is 1. The fourth-order valence-corrected chi connectivity index (χ4v) is 3.09. The van der Waals surface area contributed by atoms with Crippen molar-refractivity contribution in [2.24, 2.45) is 0 Å². The average Bonchev–Trinajstić information content (AvgIpc) is 3.05. The number of pyridine rings is 1. The first kappa shape index (κ1) is 19.0. The summed E-state index contributed by atoms with van der Waals surface area (Å²) >= 11 is 0. The number of halogens is 3. The monoisotopic (exact) mass is 345 g/mol. The van der Waals surface area contributed by atoms with Gasteiger partial charge in [0, 0.05) is 31.9 Å². The normalized spacial score (nSPS) is 25.3. The van der Waals surface area contributed by atoms with Crippen LogP contribution in [0.3, 0.4) is 0 Å². The third-order valence-electron chi connectivity index (χ3n) is 4.68. The first-order valence-corrected chi connectivity index (χ1v) is 8.44. The van der Waals surface area contributed by atoms with E-state index in [1.165, 1.54) is 12.3 Å². The van der Waals surface area contributed by atoms with Gasteiger partial charge in [-0.1, -0.05) is 0 Å². The molecule has 2 fully saturated rings. The van der Waals surface area contributed by atoms with E-state index in [1.807, 2.05) is 0 Å². The van der Waals surface area contributed by atoms with Crippen molar-refractivity contribution in [1.29, 1.82) is 0 Å². The van der Waals surface area contributed by atoms with E-state index >= 15 is 0 Å². The van der Waals surface area contributed by atoms with Gasteiger partial charge in [0.05, 0.1) is 11.8 Å². The Hall–Kier alpha value is -1.34. The zero-order chi connectivity index (χ0) is 17.7. The van der Waals surface area contributed by atoms with E-state index in [2.05, 4.69) is 23.9 Å². The molecule has 0 saturated carbocycles. The molecule has 1 N–H and O–H groups in total. The maximum atomic E-state index is 12.6. The first-order chi connectivity index (χ1) is 11.3. The Morgan fingerprint density at radius 1 is 1.21 bits per heavy atom. The standard InChI is InChI=1S/C10H11F3N2.C7H15NO/c11-10(12,13)9-8(4-3-5-14-9)15-6-1-2-7-15;1-6-5-7(9)3-4-8(6)2/h3-5H,1-2,6-7H2;6-7,9H,3-5H2,1-2H3. The number of likely N-dealkylation sites (tertiary alicyclic amines) is 1. The second-order valence-corrected chi connectivity index (χ2v) is 6.57. The van der Waals surface area contributed by atoms with Gasteiger partial charge in [0.25, 0.3) is 0 Å². The second kappa shape index (κ2) is 8.16. The molecule has 0 amide bonds. The number of hydrogen-bond acceptors (Lipinski definition) is 4. The summed E-state index contributed by atoms with van der Waals surface area (Å²) in [6.45, 7) is 4.58. The molecule has 3 heterocycles. The van der Waals surface area contributed by atoms with Crippen molar-refractivity contribution in [3.05, 3.63) is 24.0 Å². The van der Waals surface area contributed by atoms with E-state index in [4.69, 9.17) is 0 Å². The molecular weight excluding hydrogens is 319 g/mol. The SMILES string of the molecule is CC1CC(O)CCN1C.FC(F)(F)c1ncccc1N1CCCC1. The lowest BCUT2D eigenvalue weighted by atomic mass is 10.0. The van der Waals surface area contributed by atoms with E-state index in [0.29, 0.717) is 19.1 Å². The number of alkyl halides is 3. The summed E-state index contributed by atoms with van der Waals surface area (Å²) in [5, 5.41) is 9.17. The summed E-state index contributed by atoms with van der Waals surface area (Å²) in [6, 6.07) is 3.60. The molecule has 0 bridgehead atoms. The predicted molar refractivity (Wildman–Crippen MR) is 88.0 cm³/mol. The highest BCUT2D eigenvalue weighted by molar-refractivity contribution is 5.52. The van der Waals surface area contributed by atoms with Gasteiger partial charge < -0.3 is 14.9 Å². The van der Waals surface area contributed by atoms with E-state index in [0.717, 1.165) is 32.2 Å². The van der Waals surface area contributed by atoms with Crippen molar-refractivity contribution in [1.82, 2.24) is 9.88 Å². The Morgan fingerprint density at radius 2 is 1.88 bits per heavy atom. The lowest BCUT2D eigenvalue weighted by Gasteiger charge is -2.32. The van der Waals surface area contributed by atoms with Crippen LogP contribution >= 0.6 is 0 Å². The van der Waals surface area contributed by atoms with Crippen LogP contribution in [0.2, 0.25) is 0 Å². The van der Waals surface area contributed by atoms with E-state index in [9.17, 15) is 18.3 Å². The van der Waals surface area contributed by atoms with Crippen LogP contribution in [-0.2, 0) is 6.18 Å². The second-order valence-electron chi connectivity index (χ2n) is 6.57. The fraction of sp³-hybridized carbons (Fsp3) is 0.706. The molecule has 2 aliphatic heterocycles. The predicted octanol–water partition coefficient (Wildman–Crippen LogP) is 3.16. The summed E-state index contributed by atoms with van der Waals surface area (Å²) in [5.41, 5.74) is -0.561. The summed E-state index contributed by atoms with van der Waals surface area (Å²) in [6.07, 6.45) is 0.563. The number of aromatic nitrogens is 1. The molecule has 2 atom stereocenters. The molecule has 1 aromatic heterocycles. The molecule has 3 rings (SSSR count). The van der Waals surface area contributed by atoms with Gasteiger partial charge in [0.2, 0.25) is 0 Å². The third-order valence-corrected chi connectivity index (χ3v) is 4.68. The molecule has 0 spiro atoms. The Morgan fingerprint density at radius 3 is 2.42 bits per heavy atom. The molecular formula is C17H26F3N3O. The van der Waals surface area contributed by atoms with Crippen molar-refractivity contribution in [2.45, 2.75) is 50.9 Å². The van der Waals surface area contributed by atoms with Crippen LogP contribution < -0.4 is 4.90 Å². The summed E-state index contributed by atoms with van der Waals surface area (Å²) in [5.74, 6) is 0. The topological polar surface area (TPSA) is 39.6 Å². The largest absolute Gasteiger partial charge is 0.435 e. The number of hydrogen-bond donors (Lipinski definition) is 1. The molecule has 0 aromatic carbocycles. The van der Waals surface area contributed by atoms with Gasteiger partial charge >= 0.3 is 6.18 Å². The Bertz CT molecular complexity index is 518. The highest BCUT2D eigenvalue weighted by Crippen LogP contribution is 2.35. The van der Waals surface area contributed by atoms with Crippen molar-refractivity contribution < 1.29 is 18.3 Å². The van der Waals surface area contributed by atoms with Gasteiger partial charge in [-0.2, -0.15) is 13.2 Å². The summed E-state index contributed by atoms with van der Waals surface area (Å²) in [4.78, 5) is 7.46. The van der Waals surface area contributed by atoms with Crippen LogP contribution in [0, 0.1) is 0 Å². The summed E-state index contributed by atoms with van der Waals surface area (Å²) in [7, 11) is 2.11. The quantitative estimate of drug-likeness (QED) is 0.849. The molecule has 136 valence electrons. The summed E-state index contributed by atoms with van der Waals surface area (Å²) < 4.78 is 37.8. The van der Waals surface area contributed by atoms with Crippen molar-refractivity contribution in [3.63, 3.8) is 0 Å². The van der Waals surface area contributed by atoms with E-state index in [-0.39, 0.29) is 11.8 Å². The van der Waals surface area contributed by atoms with Crippen molar-refractivity contribution in [2.75, 3.05) is 31.6 Å². The van der Waals surface area contributed by atoms with E-state index < -0.39 is 11.9 Å². The molecule has 0 aliphatic carbocycles. The maximum Gasteiger partial charge on any atom is 0.435 e. The van der Waals surface area contributed by atoms with E-state index in [1.54, 1.807) is 11.0 Å². The Balaban J connectivity index is 0.000000198. The van der Waals surface area contributed by atoms with Gasteiger partial charge in [0.1, 0.15) is 0 Å². The number of piperidine rings is 1. The van der Waals surface area contributed by atoms with Gasteiger partial charge in [0.15, 0.2) is 5.69 Å². The lowest BCUT2D eigenvalue weighted by Crippen LogP contribution is -2.39. The van der Waals surface area contributed by atoms with Crippen LogP contribution in [0.15, 0.2) is 18.3 Å². The molecule has 7 heteroatoms. The molecule has 2 unspecified atom stereocenters.